The van der Waals surface area contributed by atoms with Crippen molar-refractivity contribution in [1.82, 2.24) is 4.57 Å². The first-order valence-electron chi connectivity index (χ1n) is 5.06. The fourth-order valence-electron chi connectivity index (χ4n) is 1.84. The molecule has 1 atom stereocenters. The summed E-state index contributed by atoms with van der Waals surface area (Å²) in [6.07, 6.45) is -1.26. The number of aliphatic hydroxyl groups excluding tert-OH is 1. The van der Waals surface area contributed by atoms with Crippen LogP contribution in [-0.4, -0.2) is 22.8 Å². The first kappa shape index (κ1) is 12.1. The van der Waals surface area contributed by atoms with Gasteiger partial charge in [-0.05, 0) is 18.2 Å². The van der Waals surface area contributed by atoms with Gasteiger partial charge in [-0.15, -0.1) is 0 Å². The molecule has 1 unspecified atom stereocenters. The average Bonchev–Trinajstić information content (AvgIpc) is 2.67. The van der Waals surface area contributed by atoms with E-state index in [4.69, 9.17) is 0 Å². The Labute approximate surface area is 107 Å². The molecule has 0 bridgehead atoms. The molecule has 4 nitrogen and oxygen atoms in total. The number of methoxy groups -OCH3 is 1. The van der Waals surface area contributed by atoms with E-state index in [-0.39, 0.29) is 0 Å². The fourth-order valence-corrected chi connectivity index (χ4v) is 2.31. The zero-order valence-electron chi connectivity index (χ0n) is 9.48. The van der Waals surface area contributed by atoms with Crippen molar-refractivity contribution in [2.24, 2.45) is 7.05 Å². The molecule has 17 heavy (non-hydrogen) atoms. The molecular weight excluding hydrogens is 286 g/mol. The molecule has 0 saturated carbocycles. The second-order valence-corrected chi connectivity index (χ2v) is 4.58. The maximum atomic E-state index is 11.3. The molecule has 1 N–H and O–H groups in total. The molecule has 0 radical (unpaired) electrons. The van der Waals surface area contributed by atoms with Gasteiger partial charge in [0.2, 0.25) is 0 Å². The van der Waals surface area contributed by atoms with Crippen LogP contribution in [-0.2, 0) is 16.6 Å². The molecule has 0 amide bonds. The van der Waals surface area contributed by atoms with E-state index in [0.717, 1.165) is 15.4 Å². The van der Waals surface area contributed by atoms with E-state index >= 15 is 0 Å². The Morgan fingerprint density at radius 1 is 1.53 bits per heavy atom. The normalized spacial score (nSPS) is 12.7. The summed E-state index contributed by atoms with van der Waals surface area (Å²) in [5.41, 5.74) is 1.45. The number of fused-ring (bicyclic) bond motifs is 1. The second kappa shape index (κ2) is 4.50. The highest BCUT2D eigenvalue weighted by molar-refractivity contribution is 9.10. The molecule has 1 heterocycles. The standard InChI is InChI=1S/C12H12BrNO3/c1-14-9-5-3-4-8(13)7(9)6-10(14)11(15)12(16)17-2/h3-6,11,15H,1-2H3. The van der Waals surface area contributed by atoms with Gasteiger partial charge in [-0.1, -0.05) is 22.0 Å². The number of halogens is 1. The van der Waals surface area contributed by atoms with E-state index in [1.54, 1.807) is 17.7 Å². The molecule has 0 fully saturated rings. The lowest BCUT2D eigenvalue weighted by atomic mass is 10.2. The summed E-state index contributed by atoms with van der Waals surface area (Å²) in [6.45, 7) is 0. The van der Waals surface area contributed by atoms with Gasteiger partial charge in [0.25, 0.3) is 0 Å². The van der Waals surface area contributed by atoms with Crippen LogP contribution in [0.3, 0.4) is 0 Å². The number of aromatic nitrogens is 1. The summed E-state index contributed by atoms with van der Waals surface area (Å²) in [7, 11) is 3.06. The largest absolute Gasteiger partial charge is 0.467 e. The lowest BCUT2D eigenvalue weighted by Crippen LogP contribution is -2.16. The Kier molecular flexibility index (Phi) is 3.22. The molecule has 1 aromatic heterocycles. The molecule has 0 spiro atoms. The van der Waals surface area contributed by atoms with Gasteiger partial charge >= 0.3 is 5.97 Å². The summed E-state index contributed by atoms with van der Waals surface area (Å²) in [5, 5.41) is 10.8. The monoisotopic (exact) mass is 297 g/mol. The Morgan fingerprint density at radius 2 is 2.24 bits per heavy atom. The quantitative estimate of drug-likeness (QED) is 0.864. The number of ether oxygens (including phenoxy) is 1. The second-order valence-electron chi connectivity index (χ2n) is 3.73. The van der Waals surface area contributed by atoms with Crippen LogP contribution in [0.25, 0.3) is 10.9 Å². The third-order valence-corrected chi connectivity index (χ3v) is 3.47. The van der Waals surface area contributed by atoms with Crippen molar-refractivity contribution in [3.05, 3.63) is 34.4 Å². The van der Waals surface area contributed by atoms with E-state index in [9.17, 15) is 9.90 Å². The van der Waals surface area contributed by atoms with Gasteiger partial charge in [0.1, 0.15) is 0 Å². The number of esters is 1. The lowest BCUT2D eigenvalue weighted by Gasteiger charge is -2.09. The van der Waals surface area contributed by atoms with Gasteiger partial charge in [0, 0.05) is 22.4 Å². The predicted octanol–water partition coefficient (Wildman–Crippen LogP) is 2.15. The van der Waals surface area contributed by atoms with Gasteiger partial charge in [-0.3, -0.25) is 0 Å². The first-order valence-corrected chi connectivity index (χ1v) is 5.85. The van der Waals surface area contributed by atoms with Crippen LogP contribution in [0.15, 0.2) is 28.7 Å². The van der Waals surface area contributed by atoms with Gasteiger partial charge in [-0.25, -0.2) is 4.79 Å². The number of carbonyl (C=O) groups excluding carboxylic acids is 1. The topological polar surface area (TPSA) is 51.5 Å². The molecule has 5 heteroatoms. The number of carbonyl (C=O) groups is 1. The van der Waals surface area contributed by atoms with E-state index in [0.29, 0.717) is 5.69 Å². The number of rotatable bonds is 2. The van der Waals surface area contributed by atoms with E-state index < -0.39 is 12.1 Å². The summed E-state index contributed by atoms with van der Waals surface area (Å²) >= 11 is 3.44. The van der Waals surface area contributed by atoms with Crippen LogP contribution in [0, 0.1) is 0 Å². The molecule has 2 aromatic rings. The number of nitrogens with zero attached hydrogens (tertiary/aromatic N) is 1. The molecule has 1 aromatic carbocycles. The Bertz CT molecular complexity index is 576. The van der Waals surface area contributed by atoms with Crippen LogP contribution in [0.5, 0.6) is 0 Å². The fraction of sp³-hybridized carbons (Fsp3) is 0.250. The van der Waals surface area contributed by atoms with Crippen LogP contribution >= 0.6 is 15.9 Å². The van der Waals surface area contributed by atoms with Gasteiger partial charge in [-0.2, -0.15) is 0 Å². The highest BCUT2D eigenvalue weighted by Gasteiger charge is 2.22. The van der Waals surface area contributed by atoms with Crippen molar-refractivity contribution in [1.29, 1.82) is 0 Å². The highest BCUT2D eigenvalue weighted by atomic mass is 79.9. The number of hydrogen-bond donors (Lipinski definition) is 1. The summed E-state index contributed by atoms with van der Waals surface area (Å²) in [5.74, 6) is -0.660. The molecule has 90 valence electrons. The van der Waals surface area contributed by atoms with Crippen LogP contribution in [0.4, 0.5) is 0 Å². The van der Waals surface area contributed by atoms with E-state index in [1.807, 2.05) is 18.2 Å². The average molecular weight is 298 g/mol. The van der Waals surface area contributed by atoms with Crippen molar-refractivity contribution in [3.63, 3.8) is 0 Å². The lowest BCUT2D eigenvalue weighted by molar-refractivity contribution is -0.151. The summed E-state index contributed by atoms with van der Waals surface area (Å²) in [4.78, 5) is 11.3. The minimum absolute atomic E-state index is 0.513. The molecule has 2 rings (SSSR count). The SMILES string of the molecule is COC(=O)C(O)c1cc2c(Br)cccc2n1C. The zero-order chi connectivity index (χ0) is 12.6. The molecule has 0 aliphatic rings. The third kappa shape index (κ3) is 1.96. The predicted molar refractivity (Wildman–Crippen MR) is 67.6 cm³/mol. The smallest absolute Gasteiger partial charge is 0.340 e. The Hall–Kier alpha value is -1.33. The third-order valence-electron chi connectivity index (χ3n) is 2.78. The summed E-state index contributed by atoms with van der Waals surface area (Å²) in [6, 6.07) is 7.52. The maximum absolute atomic E-state index is 11.3. The molecule has 0 aliphatic heterocycles. The number of hydrogen-bond acceptors (Lipinski definition) is 3. The minimum Gasteiger partial charge on any atom is -0.467 e. The number of aryl methyl sites for hydroxylation is 1. The Balaban J connectivity index is 2.60. The number of benzene rings is 1. The number of aliphatic hydroxyl groups is 1. The van der Waals surface area contributed by atoms with Gasteiger partial charge < -0.3 is 14.4 Å². The maximum Gasteiger partial charge on any atom is 0.340 e. The highest BCUT2D eigenvalue weighted by Crippen LogP contribution is 2.29. The van der Waals surface area contributed by atoms with Gasteiger partial charge in [0.15, 0.2) is 6.10 Å². The Morgan fingerprint density at radius 3 is 2.82 bits per heavy atom. The zero-order valence-corrected chi connectivity index (χ0v) is 11.1. The molecule has 0 aliphatic carbocycles. The summed E-state index contributed by atoms with van der Waals surface area (Å²) < 4.78 is 7.24. The van der Waals surface area contributed by atoms with Crippen molar-refractivity contribution in [2.45, 2.75) is 6.10 Å². The van der Waals surface area contributed by atoms with Crippen LogP contribution < -0.4 is 0 Å². The van der Waals surface area contributed by atoms with Crippen LogP contribution in [0.2, 0.25) is 0 Å². The first-order chi connectivity index (χ1) is 8.06. The van der Waals surface area contributed by atoms with Crippen LogP contribution in [0.1, 0.15) is 11.8 Å². The van der Waals surface area contributed by atoms with Crippen molar-refractivity contribution >= 4 is 32.8 Å². The van der Waals surface area contributed by atoms with E-state index in [1.165, 1.54) is 7.11 Å². The van der Waals surface area contributed by atoms with Crippen molar-refractivity contribution in [3.8, 4) is 0 Å². The van der Waals surface area contributed by atoms with Gasteiger partial charge in [0.05, 0.1) is 12.8 Å². The molecule has 0 saturated heterocycles. The van der Waals surface area contributed by atoms with Crippen molar-refractivity contribution < 1.29 is 14.6 Å². The van der Waals surface area contributed by atoms with Crippen molar-refractivity contribution in [2.75, 3.05) is 7.11 Å². The molecular formula is C12H12BrNO3. The minimum atomic E-state index is -1.26. The van der Waals surface area contributed by atoms with E-state index in [2.05, 4.69) is 20.7 Å².